The van der Waals surface area contributed by atoms with Crippen LogP contribution in [0.1, 0.15) is 53.9 Å². The zero-order valence-corrected chi connectivity index (χ0v) is 20.8. The first kappa shape index (κ1) is 23.2. The smallest absolute Gasteiger partial charge is 0.253 e. The average Bonchev–Trinajstić information content (AvgIpc) is 3.31. The molecule has 8 nitrogen and oxygen atoms in total. The minimum atomic E-state index is -0.330. The van der Waals surface area contributed by atoms with Gasteiger partial charge in [0.25, 0.3) is 5.56 Å². The van der Waals surface area contributed by atoms with Crippen LogP contribution in [0.15, 0.2) is 47.3 Å². The first-order valence-electron chi connectivity index (χ1n) is 12.2. The first-order valence-corrected chi connectivity index (χ1v) is 12.2. The van der Waals surface area contributed by atoms with Gasteiger partial charge in [0, 0.05) is 10.9 Å². The molecule has 0 spiro atoms. The van der Waals surface area contributed by atoms with Crippen LogP contribution >= 0.6 is 0 Å². The van der Waals surface area contributed by atoms with Crippen LogP contribution in [0.2, 0.25) is 0 Å². The number of aryl methyl sites for hydroxylation is 2. The van der Waals surface area contributed by atoms with Crippen molar-refractivity contribution in [1.29, 1.82) is 0 Å². The minimum absolute atomic E-state index is 0.0891. The molecule has 0 amide bonds. The standard InChI is InChI=1S/C27H32N6O2/c1-17-11-13-32(14-12-17)25(23-15-22-18(2)5-6-19(3)24(22)28-27(23)34)26-29-30-31-33(26)16-20-7-9-21(35-4)10-8-20/h5-10,15,17,25H,11-14,16H2,1-4H3,(H,28,34). The maximum atomic E-state index is 13.5. The van der Waals surface area contributed by atoms with Crippen LogP contribution < -0.4 is 10.3 Å². The molecule has 8 heteroatoms. The van der Waals surface area contributed by atoms with Gasteiger partial charge in [-0.1, -0.05) is 31.2 Å². The summed E-state index contributed by atoms with van der Waals surface area (Å²) in [5, 5.41) is 13.9. The predicted molar refractivity (Wildman–Crippen MR) is 136 cm³/mol. The van der Waals surface area contributed by atoms with Crippen molar-refractivity contribution in [3.8, 4) is 5.75 Å². The highest BCUT2D eigenvalue weighted by Crippen LogP contribution is 2.32. The molecule has 1 atom stereocenters. The lowest BCUT2D eigenvalue weighted by atomic mass is 9.94. The zero-order chi connectivity index (χ0) is 24.5. The van der Waals surface area contributed by atoms with Crippen molar-refractivity contribution in [2.75, 3.05) is 20.2 Å². The van der Waals surface area contributed by atoms with Crippen LogP contribution in [0.3, 0.4) is 0 Å². The van der Waals surface area contributed by atoms with Gasteiger partial charge in [-0.2, -0.15) is 0 Å². The number of ether oxygens (including phenoxy) is 1. The van der Waals surface area contributed by atoms with Gasteiger partial charge in [-0.25, -0.2) is 4.68 Å². The Morgan fingerprint density at radius 2 is 1.80 bits per heavy atom. The number of tetrazole rings is 1. The number of aromatic amines is 1. The van der Waals surface area contributed by atoms with Crippen LogP contribution in [0.4, 0.5) is 0 Å². The summed E-state index contributed by atoms with van der Waals surface area (Å²) in [5.74, 6) is 2.16. The van der Waals surface area contributed by atoms with Gasteiger partial charge in [-0.3, -0.25) is 9.69 Å². The van der Waals surface area contributed by atoms with Crippen LogP contribution in [-0.4, -0.2) is 50.3 Å². The Labute approximate surface area is 204 Å². The van der Waals surface area contributed by atoms with Crippen molar-refractivity contribution in [2.24, 2.45) is 5.92 Å². The topological polar surface area (TPSA) is 88.9 Å². The van der Waals surface area contributed by atoms with E-state index in [1.807, 2.05) is 48.0 Å². The van der Waals surface area contributed by atoms with Crippen molar-refractivity contribution in [2.45, 2.75) is 46.2 Å². The van der Waals surface area contributed by atoms with E-state index in [-0.39, 0.29) is 11.6 Å². The van der Waals surface area contributed by atoms with Crippen molar-refractivity contribution < 1.29 is 4.74 Å². The van der Waals surface area contributed by atoms with E-state index in [1.54, 1.807) is 7.11 Å². The Kier molecular flexibility index (Phi) is 6.38. The van der Waals surface area contributed by atoms with Gasteiger partial charge >= 0.3 is 0 Å². The summed E-state index contributed by atoms with van der Waals surface area (Å²) in [4.78, 5) is 19.0. The first-order chi connectivity index (χ1) is 16.9. The fourth-order valence-electron chi connectivity index (χ4n) is 5.00. The van der Waals surface area contributed by atoms with Crippen molar-refractivity contribution >= 4 is 10.9 Å². The molecule has 182 valence electrons. The van der Waals surface area contributed by atoms with E-state index in [2.05, 4.69) is 45.3 Å². The summed E-state index contributed by atoms with van der Waals surface area (Å²) < 4.78 is 7.10. The molecule has 1 aliphatic rings. The fourth-order valence-corrected chi connectivity index (χ4v) is 5.00. The van der Waals surface area contributed by atoms with Gasteiger partial charge in [0.1, 0.15) is 11.8 Å². The number of H-pyrrole nitrogens is 1. The third-order valence-corrected chi connectivity index (χ3v) is 7.25. The van der Waals surface area contributed by atoms with Crippen LogP contribution in [0, 0.1) is 19.8 Å². The van der Waals surface area contributed by atoms with E-state index in [0.29, 0.717) is 23.9 Å². The Bertz CT molecular complexity index is 1380. The number of pyridine rings is 1. The number of nitrogens with one attached hydrogen (secondary N) is 1. The number of piperidine rings is 1. The normalized spacial score (nSPS) is 16.0. The van der Waals surface area contributed by atoms with E-state index < -0.39 is 0 Å². The number of fused-ring (bicyclic) bond motifs is 1. The molecule has 4 aromatic rings. The highest BCUT2D eigenvalue weighted by molar-refractivity contribution is 5.85. The summed E-state index contributed by atoms with van der Waals surface area (Å²) in [6.45, 7) is 8.69. The van der Waals surface area contributed by atoms with Crippen LogP contribution in [0.25, 0.3) is 10.9 Å². The molecule has 2 aromatic heterocycles. The predicted octanol–water partition coefficient (Wildman–Crippen LogP) is 4.01. The van der Waals surface area contributed by atoms with E-state index in [0.717, 1.165) is 59.3 Å². The Morgan fingerprint density at radius 3 is 2.51 bits per heavy atom. The molecule has 2 aromatic carbocycles. The molecule has 0 radical (unpaired) electrons. The van der Waals surface area contributed by atoms with E-state index in [1.165, 1.54) is 0 Å². The quantitative estimate of drug-likeness (QED) is 0.456. The molecular formula is C27H32N6O2. The maximum absolute atomic E-state index is 13.5. The number of benzene rings is 2. The Hall–Kier alpha value is -3.52. The van der Waals surface area contributed by atoms with Gasteiger partial charge in [0.15, 0.2) is 5.82 Å². The lowest BCUT2D eigenvalue weighted by Crippen LogP contribution is -2.40. The Morgan fingerprint density at radius 1 is 1.09 bits per heavy atom. The number of likely N-dealkylation sites (tertiary alicyclic amines) is 1. The second-order valence-corrected chi connectivity index (χ2v) is 9.71. The summed E-state index contributed by atoms with van der Waals surface area (Å²) in [5.41, 5.74) is 4.74. The maximum Gasteiger partial charge on any atom is 0.253 e. The van der Waals surface area contributed by atoms with E-state index in [4.69, 9.17) is 4.74 Å². The van der Waals surface area contributed by atoms with Gasteiger partial charge in [-0.15, -0.1) is 5.10 Å². The third kappa shape index (κ3) is 4.58. The third-order valence-electron chi connectivity index (χ3n) is 7.25. The summed E-state index contributed by atoms with van der Waals surface area (Å²) >= 11 is 0. The minimum Gasteiger partial charge on any atom is -0.497 e. The summed E-state index contributed by atoms with van der Waals surface area (Å²) in [6, 6.07) is 13.8. The number of aromatic nitrogens is 5. The summed E-state index contributed by atoms with van der Waals surface area (Å²) in [7, 11) is 1.66. The molecule has 1 fully saturated rings. The van der Waals surface area contributed by atoms with E-state index >= 15 is 0 Å². The lowest BCUT2D eigenvalue weighted by molar-refractivity contribution is 0.149. The number of hydrogen-bond acceptors (Lipinski definition) is 6. The summed E-state index contributed by atoms with van der Waals surface area (Å²) in [6.07, 6.45) is 2.17. The number of hydrogen-bond donors (Lipinski definition) is 1. The molecular weight excluding hydrogens is 440 g/mol. The average molecular weight is 473 g/mol. The molecule has 1 N–H and O–H groups in total. The second-order valence-electron chi connectivity index (χ2n) is 9.71. The molecule has 0 aliphatic carbocycles. The van der Waals surface area contributed by atoms with Crippen molar-refractivity contribution in [3.05, 3.63) is 80.9 Å². The van der Waals surface area contributed by atoms with Crippen molar-refractivity contribution in [3.63, 3.8) is 0 Å². The molecule has 1 unspecified atom stereocenters. The molecule has 35 heavy (non-hydrogen) atoms. The Balaban J connectivity index is 1.61. The van der Waals surface area contributed by atoms with Crippen LogP contribution in [0.5, 0.6) is 5.75 Å². The number of methoxy groups -OCH3 is 1. The van der Waals surface area contributed by atoms with Gasteiger partial charge in [0.2, 0.25) is 0 Å². The number of rotatable bonds is 6. The second kappa shape index (κ2) is 9.62. The largest absolute Gasteiger partial charge is 0.497 e. The molecule has 3 heterocycles. The number of nitrogens with zero attached hydrogens (tertiary/aromatic N) is 5. The molecule has 1 saturated heterocycles. The van der Waals surface area contributed by atoms with Gasteiger partial charge in [0.05, 0.1) is 19.2 Å². The van der Waals surface area contributed by atoms with Gasteiger partial charge in [-0.05, 0) is 91.0 Å². The van der Waals surface area contributed by atoms with Gasteiger partial charge < -0.3 is 9.72 Å². The highest BCUT2D eigenvalue weighted by Gasteiger charge is 2.32. The monoisotopic (exact) mass is 472 g/mol. The highest BCUT2D eigenvalue weighted by atomic mass is 16.5. The molecule has 1 aliphatic heterocycles. The molecule has 0 bridgehead atoms. The molecule has 0 saturated carbocycles. The van der Waals surface area contributed by atoms with Crippen molar-refractivity contribution in [1.82, 2.24) is 30.1 Å². The molecule has 5 rings (SSSR count). The van der Waals surface area contributed by atoms with E-state index in [9.17, 15) is 4.79 Å². The fraction of sp³-hybridized carbons (Fsp3) is 0.407. The SMILES string of the molecule is COc1ccc(Cn2nnnc2C(c2cc3c(C)ccc(C)c3[nH]c2=O)N2CCC(C)CC2)cc1. The zero-order valence-electron chi connectivity index (χ0n) is 20.8. The lowest BCUT2D eigenvalue weighted by Gasteiger charge is -2.36. The van der Waals surface area contributed by atoms with Crippen LogP contribution in [-0.2, 0) is 6.54 Å².